The molecule has 1 N–H and O–H groups in total. The van der Waals surface area contributed by atoms with Gasteiger partial charge in [0.2, 0.25) is 6.29 Å². The number of ether oxygens (including phenoxy) is 3. The number of benzene rings is 3. The molecular weight excluding hydrogens is 384 g/mol. The molecule has 30 heavy (non-hydrogen) atoms. The number of esters is 1. The molecule has 0 heterocycles. The minimum Gasteiger partial charge on any atom is -0.478 e. The number of hydrogen-bond acceptors (Lipinski definition) is 5. The molecule has 0 radical (unpaired) electrons. The molecule has 1 unspecified atom stereocenters. The SMILES string of the molecule is O=C(O)c1ccccc1C(=O)OC(COCc1ccccc1)OCc1ccccc1. The van der Waals surface area contributed by atoms with Gasteiger partial charge in [0.25, 0.3) is 0 Å². The average Bonchev–Trinajstić information content (AvgIpc) is 2.78. The summed E-state index contributed by atoms with van der Waals surface area (Å²) >= 11 is 0. The molecule has 0 fully saturated rings. The highest BCUT2D eigenvalue weighted by Crippen LogP contribution is 2.14. The zero-order chi connectivity index (χ0) is 21.2. The highest BCUT2D eigenvalue weighted by atomic mass is 16.7. The third-order valence-electron chi connectivity index (χ3n) is 4.26. The van der Waals surface area contributed by atoms with Crippen LogP contribution in [0.15, 0.2) is 84.9 Å². The smallest absolute Gasteiger partial charge is 0.341 e. The Labute approximate surface area is 174 Å². The van der Waals surface area contributed by atoms with Crippen LogP contribution in [0.5, 0.6) is 0 Å². The number of hydrogen-bond donors (Lipinski definition) is 1. The predicted octanol–water partition coefficient (Wildman–Crippen LogP) is 4.30. The molecule has 0 aliphatic carbocycles. The monoisotopic (exact) mass is 406 g/mol. The molecule has 3 aromatic carbocycles. The van der Waals surface area contributed by atoms with Gasteiger partial charge < -0.3 is 19.3 Å². The third-order valence-corrected chi connectivity index (χ3v) is 4.26. The Morgan fingerprint density at radius 3 is 1.87 bits per heavy atom. The van der Waals surface area contributed by atoms with E-state index in [0.29, 0.717) is 6.61 Å². The van der Waals surface area contributed by atoms with Crippen LogP contribution in [0, 0.1) is 0 Å². The molecule has 0 saturated heterocycles. The van der Waals surface area contributed by atoms with Crippen molar-refractivity contribution in [1.82, 2.24) is 0 Å². The third kappa shape index (κ3) is 6.27. The molecule has 0 saturated carbocycles. The Morgan fingerprint density at radius 2 is 1.27 bits per heavy atom. The number of carboxylic acid groups (broad SMARTS) is 1. The second kappa shape index (κ2) is 10.9. The van der Waals surface area contributed by atoms with E-state index in [1.54, 1.807) is 12.1 Å². The van der Waals surface area contributed by atoms with Crippen LogP contribution in [-0.4, -0.2) is 29.9 Å². The average molecular weight is 406 g/mol. The minimum atomic E-state index is -1.20. The van der Waals surface area contributed by atoms with Crippen LogP contribution in [0.3, 0.4) is 0 Å². The van der Waals surface area contributed by atoms with Gasteiger partial charge in [0.15, 0.2) is 0 Å². The lowest BCUT2D eigenvalue weighted by atomic mass is 10.1. The second-order valence-electron chi connectivity index (χ2n) is 6.48. The van der Waals surface area contributed by atoms with Gasteiger partial charge in [0.1, 0.15) is 6.61 Å². The van der Waals surface area contributed by atoms with E-state index in [-0.39, 0.29) is 24.3 Å². The fraction of sp³-hybridized carbons (Fsp3) is 0.167. The van der Waals surface area contributed by atoms with E-state index in [4.69, 9.17) is 14.2 Å². The fourth-order valence-electron chi connectivity index (χ4n) is 2.76. The van der Waals surface area contributed by atoms with Gasteiger partial charge in [-0.05, 0) is 23.3 Å². The maximum absolute atomic E-state index is 12.6. The van der Waals surface area contributed by atoms with Crippen molar-refractivity contribution in [2.24, 2.45) is 0 Å². The van der Waals surface area contributed by atoms with E-state index in [1.807, 2.05) is 60.7 Å². The first kappa shape index (κ1) is 21.2. The van der Waals surface area contributed by atoms with Crippen molar-refractivity contribution < 1.29 is 28.9 Å². The summed E-state index contributed by atoms with van der Waals surface area (Å²) in [6, 6.07) is 24.9. The van der Waals surface area contributed by atoms with Crippen molar-refractivity contribution in [3.63, 3.8) is 0 Å². The lowest BCUT2D eigenvalue weighted by Crippen LogP contribution is -2.27. The molecule has 3 rings (SSSR count). The van der Waals surface area contributed by atoms with Crippen LogP contribution in [0.25, 0.3) is 0 Å². The molecule has 0 amide bonds. The van der Waals surface area contributed by atoms with Crippen LogP contribution >= 0.6 is 0 Å². The summed E-state index contributed by atoms with van der Waals surface area (Å²) in [5, 5.41) is 9.30. The van der Waals surface area contributed by atoms with Crippen molar-refractivity contribution in [2.75, 3.05) is 6.61 Å². The van der Waals surface area contributed by atoms with E-state index >= 15 is 0 Å². The number of carbonyl (C=O) groups excluding carboxylic acids is 1. The first-order valence-electron chi connectivity index (χ1n) is 9.44. The molecule has 6 nitrogen and oxygen atoms in total. The largest absolute Gasteiger partial charge is 0.478 e. The van der Waals surface area contributed by atoms with Crippen molar-refractivity contribution in [1.29, 1.82) is 0 Å². The van der Waals surface area contributed by atoms with Gasteiger partial charge in [-0.25, -0.2) is 9.59 Å². The summed E-state index contributed by atoms with van der Waals surface area (Å²) in [4.78, 5) is 24.0. The van der Waals surface area contributed by atoms with Gasteiger partial charge in [-0.3, -0.25) is 0 Å². The predicted molar refractivity (Wildman–Crippen MR) is 110 cm³/mol. The summed E-state index contributed by atoms with van der Waals surface area (Å²) in [6.45, 7) is 0.548. The standard InChI is InChI=1S/C24H22O6/c25-23(26)20-13-7-8-14-21(20)24(27)30-22(29-16-19-11-5-2-6-12-19)17-28-15-18-9-3-1-4-10-18/h1-14,22H,15-17H2,(H,25,26). The Kier molecular flexibility index (Phi) is 7.71. The first-order valence-corrected chi connectivity index (χ1v) is 9.44. The maximum Gasteiger partial charge on any atom is 0.341 e. The van der Waals surface area contributed by atoms with Gasteiger partial charge >= 0.3 is 11.9 Å². The van der Waals surface area contributed by atoms with E-state index < -0.39 is 18.2 Å². The van der Waals surface area contributed by atoms with Crippen LogP contribution in [0.4, 0.5) is 0 Å². The summed E-state index contributed by atoms with van der Waals surface area (Å²) in [7, 11) is 0. The zero-order valence-corrected chi connectivity index (χ0v) is 16.3. The van der Waals surface area contributed by atoms with Gasteiger partial charge in [0.05, 0.1) is 24.3 Å². The highest BCUT2D eigenvalue weighted by molar-refractivity contribution is 6.02. The Hall–Kier alpha value is -3.48. The molecular formula is C24H22O6. The van der Waals surface area contributed by atoms with E-state index in [1.165, 1.54) is 12.1 Å². The van der Waals surface area contributed by atoms with Crippen LogP contribution in [0.1, 0.15) is 31.8 Å². The minimum absolute atomic E-state index is 0.00268. The second-order valence-corrected chi connectivity index (χ2v) is 6.48. The van der Waals surface area contributed by atoms with Gasteiger partial charge in [-0.15, -0.1) is 0 Å². The molecule has 0 aliphatic rings. The molecule has 6 heteroatoms. The number of carboxylic acids is 1. The van der Waals surface area contributed by atoms with Crippen molar-refractivity contribution in [2.45, 2.75) is 19.5 Å². The Bertz CT molecular complexity index is 956. The number of aromatic carboxylic acids is 1. The highest BCUT2D eigenvalue weighted by Gasteiger charge is 2.22. The molecule has 1 atom stereocenters. The topological polar surface area (TPSA) is 82.1 Å². The number of rotatable bonds is 10. The van der Waals surface area contributed by atoms with Crippen molar-refractivity contribution >= 4 is 11.9 Å². The van der Waals surface area contributed by atoms with Crippen LogP contribution < -0.4 is 0 Å². The van der Waals surface area contributed by atoms with Crippen LogP contribution in [0.2, 0.25) is 0 Å². The van der Waals surface area contributed by atoms with E-state index in [2.05, 4.69) is 0 Å². The normalized spacial score (nSPS) is 11.6. The van der Waals surface area contributed by atoms with Gasteiger partial charge in [-0.2, -0.15) is 0 Å². The molecule has 0 aromatic heterocycles. The Balaban J connectivity index is 1.66. The summed E-state index contributed by atoms with van der Waals surface area (Å²) < 4.78 is 16.8. The summed E-state index contributed by atoms with van der Waals surface area (Å²) in [6.07, 6.45) is -0.997. The van der Waals surface area contributed by atoms with Crippen LogP contribution in [-0.2, 0) is 27.4 Å². The van der Waals surface area contributed by atoms with Crippen molar-refractivity contribution in [3.05, 3.63) is 107 Å². The molecule has 3 aromatic rings. The summed E-state index contributed by atoms with van der Waals surface area (Å²) in [5.74, 6) is -1.99. The van der Waals surface area contributed by atoms with E-state index in [9.17, 15) is 14.7 Å². The zero-order valence-electron chi connectivity index (χ0n) is 16.3. The van der Waals surface area contributed by atoms with Gasteiger partial charge in [0, 0.05) is 0 Å². The quantitative estimate of drug-likeness (QED) is 0.399. The first-order chi connectivity index (χ1) is 14.6. The summed E-state index contributed by atoms with van der Waals surface area (Å²) in [5.41, 5.74) is 1.71. The maximum atomic E-state index is 12.6. The molecule has 154 valence electrons. The molecule has 0 aliphatic heterocycles. The fourth-order valence-corrected chi connectivity index (χ4v) is 2.76. The lowest BCUT2D eigenvalue weighted by Gasteiger charge is -2.19. The van der Waals surface area contributed by atoms with Crippen molar-refractivity contribution in [3.8, 4) is 0 Å². The van der Waals surface area contributed by atoms with Gasteiger partial charge in [-0.1, -0.05) is 72.8 Å². The number of carbonyl (C=O) groups is 2. The van der Waals surface area contributed by atoms with E-state index in [0.717, 1.165) is 11.1 Å². The molecule has 0 bridgehead atoms. The Morgan fingerprint density at radius 1 is 0.733 bits per heavy atom. The lowest BCUT2D eigenvalue weighted by molar-refractivity contribution is -0.152. The molecule has 0 spiro atoms.